The molecule has 5 N–H and O–H groups in total. The van der Waals surface area contributed by atoms with Gasteiger partial charge in [-0.3, -0.25) is 0 Å². The summed E-state index contributed by atoms with van der Waals surface area (Å²) >= 11 is 4.91. The number of carbonyl (C=O) groups is 1. The van der Waals surface area contributed by atoms with Crippen LogP contribution in [0.25, 0.3) is 0 Å². The second-order valence-corrected chi connectivity index (χ2v) is 3.75. The number of nitrogens with two attached hydrogens (primary N) is 2. The van der Waals surface area contributed by atoms with Gasteiger partial charge in [-0.2, -0.15) is 0 Å². The lowest BCUT2D eigenvalue weighted by atomic mass is 10.2. The van der Waals surface area contributed by atoms with Crippen LogP contribution in [0.3, 0.4) is 0 Å². The monoisotopic (exact) mass is 254 g/mol. The van der Waals surface area contributed by atoms with E-state index < -0.39 is 6.09 Å². The van der Waals surface area contributed by atoms with E-state index >= 15 is 0 Å². The summed E-state index contributed by atoms with van der Waals surface area (Å²) in [5.74, 6) is 0.575. The molecule has 0 saturated heterocycles. The highest BCUT2D eigenvalue weighted by molar-refractivity contribution is 7.80. The summed E-state index contributed by atoms with van der Waals surface area (Å²) < 4.78 is 4.58. The fourth-order valence-corrected chi connectivity index (χ4v) is 1.38. The highest BCUT2D eigenvalue weighted by Gasteiger charge is 2.06. The molecule has 1 amide bonds. The van der Waals surface area contributed by atoms with E-state index in [9.17, 15) is 4.79 Å². The van der Waals surface area contributed by atoms with Crippen LogP contribution in [-0.2, 0) is 4.74 Å². The molecule has 0 spiro atoms. The molecule has 7 heteroatoms. The molecule has 17 heavy (non-hydrogen) atoms. The Balaban J connectivity index is 2.65. The zero-order valence-electron chi connectivity index (χ0n) is 9.40. The van der Waals surface area contributed by atoms with Gasteiger partial charge in [0, 0.05) is 5.69 Å². The van der Waals surface area contributed by atoms with Gasteiger partial charge in [0.1, 0.15) is 17.4 Å². The topological polar surface area (TPSA) is 103 Å². The minimum absolute atomic E-state index is 0.154. The molecule has 0 atom stereocenters. The van der Waals surface area contributed by atoms with Crippen LogP contribution in [0, 0.1) is 6.92 Å². The maximum Gasteiger partial charge on any atom is 0.404 e. The molecule has 1 aromatic heterocycles. The zero-order valence-corrected chi connectivity index (χ0v) is 10.2. The third-order valence-electron chi connectivity index (χ3n) is 1.94. The molecule has 0 aliphatic heterocycles. The number of primary amides is 1. The second kappa shape index (κ2) is 6.00. The molecule has 0 fully saturated rings. The third-order valence-corrected chi connectivity index (χ3v) is 2.16. The molecule has 1 rings (SSSR count). The van der Waals surface area contributed by atoms with Crippen molar-refractivity contribution >= 4 is 29.1 Å². The first-order valence-electron chi connectivity index (χ1n) is 4.94. The Morgan fingerprint density at radius 2 is 2.24 bits per heavy atom. The number of amides is 1. The highest BCUT2D eigenvalue weighted by Crippen LogP contribution is 2.12. The standard InChI is InChI=1S/C10H14N4O2S/c1-6-2-3-7(8(11)17)9(14-6)13-4-5-16-10(12)15/h2-3H,4-5H2,1H3,(H2,11,17)(H2,12,15)(H,13,14). The predicted molar refractivity (Wildman–Crippen MR) is 68.9 cm³/mol. The van der Waals surface area contributed by atoms with Gasteiger partial charge in [-0.1, -0.05) is 12.2 Å². The van der Waals surface area contributed by atoms with E-state index in [0.717, 1.165) is 5.69 Å². The molecular formula is C10H14N4O2S. The van der Waals surface area contributed by atoms with Crippen molar-refractivity contribution in [2.75, 3.05) is 18.5 Å². The Morgan fingerprint density at radius 1 is 1.53 bits per heavy atom. The van der Waals surface area contributed by atoms with Crippen molar-refractivity contribution in [1.82, 2.24) is 4.98 Å². The summed E-state index contributed by atoms with van der Waals surface area (Å²) in [7, 11) is 0. The molecule has 0 aliphatic carbocycles. The van der Waals surface area contributed by atoms with Gasteiger partial charge in [-0.25, -0.2) is 9.78 Å². The van der Waals surface area contributed by atoms with Gasteiger partial charge < -0.3 is 21.5 Å². The molecule has 0 aromatic carbocycles. The minimum atomic E-state index is -0.807. The lowest BCUT2D eigenvalue weighted by Crippen LogP contribution is -2.20. The van der Waals surface area contributed by atoms with Crippen LogP contribution in [0.5, 0.6) is 0 Å². The summed E-state index contributed by atoms with van der Waals surface area (Å²) in [6.07, 6.45) is -0.807. The minimum Gasteiger partial charge on any atom is -0.448 e. The summed E-state index contributed by atoms with van der Waals surface area (Å²) in [4.78, 5) is 14.9. The first-order valence-corrected chi connectivity index (χ1v) is 5.35. The number of anilines is 1. The number of hydrogen-bond donors (Lipinski definition) is 3. The van der Waals surface area contributed by atoms with Gasteiger partial charge in [0.25, 0.3) is 0 Å². The van der Waals surface area contributed by atoms with Crippen LogP contribution in [0.2, 0.25) is 0 Å². The Kier molecular flexibility index (Phi) is 4.65. The smallest absolute Gasteiger partial charge is 0.404 e. The maximum atomic E-state index is 10.4. The lowest BCUT2D eigenvalue weighted by Gasteiger charge is -2.10. The maximum absolute atomic E-state index is 10.4. The molecule has 92 valence electrons. The fraction of sp³-hybridized carbons (Fsp3) is 0.300. The normalized spacial score (nSPS) is 9.71. The molecule has 0 bridgehead atoms. The number of hydrogen-bond acceptors (Lipinski definition) is 5. The lowest BCUT2D eigenvalue weighted by molar-refractivity contribution is 0.161. The van der Waals surface area contributed by atoms with Gasteiger partial charge >= 0.3 is 6.09 Å². The van der Waals surface area contributed by atoms with Gasteiger partial charge in [-0.15, -0.1) is 0 Å². The summed E-state index contributed by atoms with van der Waals surface area (Å²) in [5, 5.41) is 2.98. The Labute approximate surface area is 104 Å². The van der Waals surface area contributed by atoms with E-state index in [1.807, 2.05) is 13.0 Å². The third kappa shape index (κ3) is 4.23. The summed E-state index contributed by atoms with van der Waals surface area (Å²) in [5.41, 5.74) is 11.9. The van der Waals surface area contributed by atoms with Crippen LogP contribution in [0.4, 0.5) is 10.6 Å². The van der Waals surface area contributed by atoms with Crippen molar-refractivity contribution in [3.05, 3.63) is 23.4 Å². The quantitative estimate of drug-likeness (QED) is 0.523. The van der Waals surface area contributed by atoms with E-state index in [0.29, 0.717) is 17.9 Å². The van der Waals surface area contributed by atoms with Crippen LogP contribution < -0.4 is 16.8 Å². The number of aryl methyl sites for hydroxylation is 1. The van der Waals surface area contributed by atoms with E-state index in [4.69, 9.17) is 23.7 Å². The SMILES string of the molecule is Cc1ccc(C(N)=S)c(NCCOC(N)=O)n1. The van der Waals surface area contributed by atoms with Crippen molar-refractivity contribution in [3.63, 3.8) is 0 Å². The van der Waals surface area contributed by atoms with Crippen molar-refractivity contribution in [2.45, 2.75) is 6.92 Å². The molecule has 0 radical (unpaired) electrons. The molecule has 0 unspecified atom stereocenters. The molecule has 1 heterocycles. The van der Waals surface area contributed by atoms with Gasteiger partial charge in [0.2, 0.25) is 0 Å². The van der Waals surface area contributed by atoms with Crippen LogP contribution >= 0.6 is 12.2 Å². The number of nitrogens with zero attached hydrogens (tertiary/aromatic N) is 1. The average Bonchev–Trinajstić information content (AvgIpc) is 2.23. The number of carbonyl (C=O) groups excluding carboxylic acids is 1. The first-order chi connectivity index (χ1) is 8.00. The summed E-state index contributed by atoms with van der Waals surface area (Å²) in [6, 6.07) is 3.61. The van der Waals surface area contributed by atoms with Crippen molar-refractivity contribution in [2.24, 2.45) is 11.5 Å². The van der Waals surface area contributed by atoms with Crippen LogP contribution in [-0.4, -0.2) is 29.2 Å². The highest BCUT2D eigenvalue weighted by atomic mass is 32.1. The number of nitrogens with one attached hydrogen (secondary N) is 1. The average molecular weight is 254 g/mol. The molecule has 0 aliphatic rings. The number of aromatic nitrogens is 1. The van der Waals surface area contributed by atoms with Gasteiger partial charge in [-0.05, 0) is 19.1 Å². The molecule has 0 saturated carbocycles. The predicted octanol–water partition coefficient (Wildman–Crippen LogP) is 0.531. The van der Waals surface area contributed by atoms with E-state index in [-0.39, 0.29) is 11.6 Å². The summed E-state index contributed by atoms with van der Waals surface area (Å²) in [6.45, 7) is 2.39. The molecule has 6 nitrogen and oxygen atoms in total. The zero-order chi connectivity index (χ0) is 12.8. The van der Waals surface area contributed by atoms with E-state index in [1.165, 1.54) is 0 Å². The fourth-order valence-electron chi connectivity index (χ4n) is 1.21. The number of pyridine rings is 1. The Hall–Kier alpha value is -1.89. The van der Waals surface area contributed by atoms with Crippen molar-refractivity contribution < 1.29 is 9.53 Å². The van der Waals surface area contributed by atoms with Gasteiger partial charge in [0.15, 0.2) is 0 Å². The second-order valence-electron chi connectivity index (χ2n) is 3.31. The largest absolute Gasteiger partial charge is 0.448 e. The van der Waals surface area contributed by atoms with Crippen molar-refractivity contribution in [1.29, 1.82) is 0 Å². The van der Waals surface area contributed by atoms with Crippen molar-refractivity contribution in [3.8, 4) is 0 Å². The van der Waals surface area contributed by atoms with Crippen LogP contribution in [0.15, 0.2) is 12.1 Å². The van der Waals surface area contributed by atoms with Gasteiger partial charge in [0.05, 0.1) is 12.1 Å². The Morgan fingerprint density at radius 3 is 2.82 bits per heavy atom. The van der Waals surface area contributed by atoms with E-state index in [1.54, 1.807) is 6.07 Å². The Bertz CT molecular complexity index is 436. The number of ether oxygens (including phenoxy) is 1. The van der Waals surface area contributed by atoms with Crippen LogP contribution in [0.1, 0.15) is 11.3 Å². The molecule has 1 aromatic rings. The number of rotatable bonds is 5. The van der Waals surface area contributed by atoms with E-state index in [2.05, 4.69) is 15.0 Å². The molecular weight excluding hydrogens is 240 g/mol. The first kappa shape index (κ1) is 13.2. The number of thiocarbonyl (C=S) groups is 1.